The molecule has 120 valence electrons. The predicted octanol–water partition coefficient (Wildman–Crippen LogP) is 2.82. The molecular weight excluding hydrogens is 278 g/mol. The van der Waals surface area contributed by atoms with Crippen LogP contribution in [-0.4, -0.2) is 42.7 Å². The third-order valence-corrected chi connectivity index (χ3v) is 4.53. The van der Waals surface area contributed by atoms with Gasteiger partial charge in [-0.05, 0) is 44.7 Å². The van der Waals surface area contributed by atoms with E-state index >= 15 is 0 Å². The minimum atomic E-state index is -0.262. The Balaban J connectivity index is 1.70. The van der Waals surface area contributed by atoms with Gasteiger partial charge in [-0.2, -0.15) is 0 Å². The Bertz CT molecular complexity index is 569. The molecule has 4 heteroatoms. The summed E-state index contributed by atoms with van der Waals surface area (Å²) >= 11 is 0. The number of carbonyl (C=O) groups excluding carboxylic acids is 1. The highest BCUT2D eigenvalue weighted by Crippen LogP contribution is 2.51. The Morgan fingerprint density at radius 2 is 2.09 bits per heavy atom. The van der Waals surface area contributed by atoms with Gasteiger partial charge in [0.15, 0.2) is 0 Å². The summed E-state index contributed by atoms with van der Waals surface area (Å²) in [6, 6.07) is 8.02. The molecule has 0 bridgehead atoms. The molecule has 0 spiro atoms. The van der Waals surface area contributed by atoms with E-state index in [9.17, 15) is 4.79 Å². The monoisotopic (exact) mass is 303 g/mol. The van der Waals surface area contributed by atoms with Crippen molar-refractivity contribution in [2.45, 2.75) is 44.8 Å². The lowest BCUT2D eigenvalue weighted by Crippen LogP contribution is -2.54. The van der Waals surface area contributed by atoms with E-state index in [1.165, 1.54) is 0 Å². The molecule has 1 aromatic carbocycles. The van der Waals surface area contributed by atoms with Crippen LogP contribution in [0.25, 0.3) is 0 Å². The van der Waals surface area contributed by atoms with E-state index in [1.807, 2.05) is 43.9 Å². The van der Waals surface area contributed by atoms with E-state index in [0.29, 0.717) is 19.0 Å². The van der Waals surface area contributed by atoms with E-state index in [2.05, 4.69) is 6.07 Å². The number of hydrogen-bond donors (Lipinski definition) is 0. The van der Waals surface area contributed by atoms with E-state index in [1.54, 1.807) is 7.11 Å². The summed E-state index contributed by atoms with van der Waals surface area (Å²) in [7, 11) is 1.68. The summed E-state index contributed by atoms with van der Waals surface area (Å²) in [6.45, 7) is 7.50. The third kappa shape index (κ3) is 2.98. The fourth-order valence-corrected chi connectivity index (χ4v) is 3.64. The summed E-state index contributed by atoms with van der Waals surface area (Å²) < 4.78 is 11.3. The number of ether oxygens (including phenoxy) is 2. The van der Waals surface area contributed by atoms with Crippen LogP contribution in [0.1, 0.15) is 38.7 Å². The van der Waals surface area contributed by atoms with Gasteiger partial charge in [0.2, 0.25) is 5.91 Å². The maximum absolute atomic E-state index is 12.8. The molecule has 2 fully saturated rings. The lowest BCUT2D eigenvalue weighted by molar-refractivity contribution is -0.159. The van der Waals surface area contributed by atoms with Gasteiger partial charge in [-0.3, -0.25) is 4.79 Å². The number of benzene rings is 1. The molecule has 1 aliphatic carbocycles. The van der Waals surface area contributed by atoms with Crippen LogP contribution in [0.2, 0.25) is 0 Å². The van der Waals surface area contributed by atoms with Crippen molar-refractivity contribution in [2.24, 2.45) is 5.92 Å². The second kappa shape index (κ2) is 5.58. The van der Waals surface area contributed by atoms with Gasteiger partial charge < -0.3 is 14.4 Å². The minimum Gasteiger partial charge on any atom is -0.496 e. The number of hydrogen-bond acceptors (Lipinski definition) is 3. The van der Waals surface area contributed by atoms with Crippen LogP contribution in [0.4, 0.5) is 0 Å². The number of rotatable bonds is 3. The molecule has 1 aromatic rings. The number of morpholine rings is 1. The highest BCUT2D eigenvalue weighted by Gasteiger charge is 2.48. The first kappa shape index (κ1) is 15.3. The van der Waals surface area contributed by atoms with E-state index < -0.39 is 0 Å². The van der Waals surface area contributed by atoms with Gasteiger partial charge in [0.25, 0.3) is 0 Å². The van der Waals surface area contributed by atoms with Crippen molar-refractivity contribution < 1.29 is 14.3 Å². The number of amides is 1. The van der Waals surface area contributed by atoms with Crippen LogP contribution >= 0.6 is 0 Å². The van der Waals surface area contributed by atoms with Crippen LogP contribution in [0.5, 0.6) is 5.75 Å². The van der Waals surface area contributed by atoms with Crippen molar-refractivity contribution in [1.82, 2.24) is 4.90 Å². The van der Waals surface area contributed by atoms with Crippen molar-refractivity contribution in [3.63, 3.8) is 0 Å². The maximum Gasteiger partial charge on any atom is 0.226 e. The molecule has 3 rings (SSSR count). The van der Waals surface area contributed by atoms with Crippen LogP contribution < -0.4 is 4.74 Å². The topological polar surface area (TPSA) is 38.8 Å². The first-order valence-electron chi connectivity index (χ1n) is 8.01. The molecule has 0 radical (unpaired) electrons. The zero-order chi connectivity index (χ0) is 15.9. The Hall–Kier alpha value is -1.55. The zero-order valence-corrected chi connectivity index (χ0v) is 13.8. The van der Waals surface area contributed by atoms with Crippen LogP contribution in [-0.2, 0) is 9.53 Å². The molecule has 4 nitrogen and oxygen atoms in total. The maximum atomic E-state index is 12.8. The molecule has 3 atom stereocenters. The average molecular weight is 303 g/mol. The van der Waals surface area contributed by atoms with Crippen LogP contribution in [0.15, 0.2) is 24.3 Å². The average Bonchev–Trinajstić information content (AvgIpc) is 3.24. The van der Waals surface area contributed by atoms with Crippen molar-refractivity contribution in [3.8, 4) is 5.75 Å². The number of para-hydroxylation sites is 1. The third-order valence-electron chi connectivity index (χ3n) is 4.53. The Morgan fingerprint density at radius 3 is 2.77 bits per heavy atom. The van der Waals surface area contributed by atoms with Gasteiger partial charge >= 0.3 is 0 Å². The summed E-state index contributed by atoms with van der Waals surface area (Å²) in [5.74, 6) is 1.54. The quantitative estimate of drug-likeness (QED) is 0.862. The molecule has 1 saturated heterocycles. The van der Waals surface area contributed by atoms with Crippen molar-refractivity contribution in [1.29, 1.82) is 0 Å². The Kier molecular flexibility index (Phi) is 3.89. The second-order valence-corrected chi connectivity index (χ2v) is 7.10. The lowest BCUT2D eigenvalue weighted by atomic mass is 10.0. The smallest absolute Gasteiger partial charge is 0.226 e. The van der Waals surface area contributed by atoms with Gasteiger partial charge in [0, 0.05) is 19.0 Å². The molecule has 0 N–H and O–H groups in total. The molecular formula is C18H25NO3. The summed E-state index contributed by atoms with van der Waals surface area (Å²) in [6.07, 6.45) is 1.02. The fourth-order valence-electron chi connectivity index (χ4n) is 3.64. The van der Waals surface area contributed by atoms with Crippen molar-refractivity contribution in [3.05, 3.63) is 29.8 Å². The zero-order valence-electron chi connectivity index (χ0n) is 13.8. The summed E-state index contributed by atoms with van der Waals surface area (Å²) in [4.78, 5) is 14.8. The Morgan fingerprint density at radius 1 is 1.36 bits per heavy atom. The molecule has 2 aliphatic rings. The van der Waals surface area contributed by atoms with Crippen molar-refractivity contribution >= 4 is 5.91 Å². The van der Waals surface area contributed by atoms with Gasteiger partial charge in [-0.25, -0.2) is 0 Å². The fraction of sp³-hybridized carbons (Fsp3) is 0.611. The first-order chi connectivity index (χ1) is 10.4. The van der Waals surface area contributed by atoms with Gasteiger partial charge in [-0.15, -0.1) is 0 Å². The van der Waals surface area contributed by atoms with E-state index in [4.69, 9.17) is 9.47 Å². The van der Waals surface area contributed by atoms with Gasteiger partial charge in [0.05, 0.1) is 18.8 Å². The highest BCUT2D eigenvalue weighted by atomic mass is 16.5. The molecule has 0 aromatic heterocycles. The second-order valence-electron chi connectivity index (χ2n) is 7.10. The lowest BCUT2D eigenvalue weighted by Gasteiger charge is -2.41. The largest absolute Gasteiger partial charge is 0.496 e. The van der Waals surface area contributed by atoms with E-state index in [0.717, 1.165) is 17.7 Å². The predicted molar refractivity (Wildman–Crippen MR) is 85.0 cm³/mol. The number of carbonyl (C=O) groups is 1. The Labute approximate surface area is 132 Å². The molecule has 0 unspecified atom stereocenters. The summed E-state index contributed by atoms with van der Waals surface area (Å²) in [5, 5.41) is 0. The van der Waals surface area contributed by atoms with Crippen LogP contribution in [0.3, 0.4) is 0 Å². The normalized spacial score (nSPS) is 30.0. The highest BCUT2D eigenvalue weighted by molar-refractivity contribution is 5.83. The molecule has 22 heavy (non-hydrogen) atoms. The van der Waals surface area contributed by atoms with E-state index in [-0.39, 0.29) is 23.5 Å². The molecule has 1 aliphatic heterocycles. The van der Waals surface area contributed by atoms with Crippen LogP contribution in [0, 0.1) is 5.92 Å². The SMILES string of the molecule is COc1ccccc1[C@@H]1C[C@H]1C(=O)N1C[C@@H](C)OC(C)(C)C1. The molecule has 1 amide bonds. The van der Waals surface area contributed by atoms with Crippen molar-refractivity contribution in [2.75, 3.05) is 20.2 Å². The number of methoxy groups -OCH3 is 1. The summed E-state index contributed by atoms with van der Waals surface area (Å²) in [5.41, 5.74) is 0.895. The van der Waals surface area contributed by atoms with Gasteiger partial charge in [0.1, 0.15) is 5.75 Å². The minimum absolute atomic E-state index is 0.0937. The van der Waals surface area contributed by atoms with Gasteiger partial charge in [-0.1, -0.05) is 18.2 Å². The number of nitrogens with zero attached hydrogens (tertiary/aromatic N) is 1. The standard InChI is InChI=1S/C18H25NO3/c1-12-10-19(11-18(2,3)22-12)17(20)15-9-14(15)13-7-5-6-8-16(13)21-4/h5-8,12,14-15H,9-11H2,1-4H3/t12-,14+,15-/m1/s1. The molecule has 1 heterocycles. The first-order valence-corrected chi connectivity index (χ1v) is 8.01. The molecule has 1 saturated carbocycles.